The first-order chi connectivity index (χ1) is 15.3. The first-order valence-electron chi connectivity index (χ1n) is 11.3. The van der Waals surface area contributed by atoms with E-state index in [9.17, 15) is 0 Å². The quantitative estimate of drug-likeness (QED) is 0.246. The summed E-state index contributed by atoms with van der Waals surface area (Å²) in [6.07, 6.45) is 4.39. The zero-order valence-corrected chi connectivity index (χ0v) is 18.4. The Bertz CT molecular complexity index is 1000. The van der Waals surface area contributed by atoms with Crippen molar-refractivity contribution in [3.05, 3.63) is 72.8 Å². The van der Waals surface area contributed by atoms with Crippen molar-refractivity contribution >= 4 is 10.8 Å². The maximum Gasteiger partial charge on any atom is 0.142 e. The van der Waals surface area contributed by atoms with Crippen molar-refractivity contribution in [3.63, 3.8) is 0 Å². The molecule has 0 spiro atoms. The van der Waals surface area contributed by atoms with Gasteiger partial charge in [0.2, 0.25) is 0 Å². The Morgan fingerprint density at radius 2 is 1.00 bits per heavy atom. The molecule has 0 N–H and O–H groups in total. The first kappa shape index (κ1) is 21.0. The van der Waals surface area contributed by atoms with E-state index in [1.165, 1.54) is 0 Å². The van der Waals surface area contributed by atoms with Crippen molar-refractivity contribution in [2.45, 2.75) is 39.5 Å². The predicted molar refractivity (Wildman–Crippen MR) is 128 cm³/mol. The third-order valence-electron chi connectivity index (χ3n) is 5.39. The number of unbranched alkanes of at least 4 members (excludes halogenated alkanes) is 2. The van der Waals surface area contributed by atoms with Crippen molar-refractivity contribution in [2.24, 2.45) is 0 Å². The summed E-state index contributed by atoms with van der Waals surface area (Å²) in [6, 6.07) is 24.7. The Labute approximate surface area is 184 Å². The average Bonchev–Trinajstić information content (AvgIpc) is 3.20. The number of furan rings is 1. The summed E-state index contributed by atoms with van der Waals surface area (Å²) in [5, 5.41) is 2.22. The first-order valence-corrected chi connectivity index (χ1v) is 11.3. The highest BCUT2D eigenvalue weighted by molar-refractivity contribution is 6.02. The van der Waals surface area contributed by atoms with Gasteiger partial charge in [0.15, 0.2) is 0 Å². The number of hydrogen-bond donors (Lipinski definition) is 0. The third-order valence-corrected chi connectivity index (χ3v) is 5.39. The van der Waals surface area contributed by atoms with Crippen molar-refractivity contribution in [2.75, 3.05) is 13.2 Å². The maximum atomic E-state index is 6.43. The maximum absolute atomic E-state index is 6.43. The molecular formula is C28H30O3. The lowest BCUT2D eigenvalue weighted by Gasteiger charge is -2.06. The van der Waals surface area contributed by atoms with Crippen LogP contribution in [0.3, 0.4) is 0 Å². The van der Waals surface area contributed by atoms with E-state index in [1.807, 2.05) is 24.3 Å². The molecule has 1 aromatic heterocycles. The van der Waals surface area contributed by atoms with Gasteiger partial charge in [-0.1, -0.05) is 51.0 Å². The van der Waals surface area contributed by atoms with E-state index in [2.05, 4.69) is 62.4 Å². The van der Waals surface area contributed by atoms with Gasteiger partial charge in [-0.15, -0.1) is 0 Å². The smallest absolute Gasteiger partial charge is 0.142 e. The number of hydrogen-bond acceptors (Lipinski definition) is 3. The average molecular weight is 415 g/mol. The molecule has 3 aromatic carbocycles. The molecule has 31 heavy (non-hydrogen) atoms. The molecule has 0 aliphatic carbocycles. The molecule has 0 radical (unpaired) electrons. The standard InChI is InChI=1S/C28H30O3/c1-3-5-19-29-23-15-11-21(12-16-23)27-25-9-7-8-10-26(25)28(31-27)22-13-17-24(18-14-22)30-20-6-4-2/h7-18H,3-6,19-20H2,1-2H3. The number of rotatable bonds is 10. The van der Waals surface area contributed by atoms with Gasteiger partial charge < -0.3 is 13.9 Å². The minimum absolute atomic E-state index is 0.752. The largest absolute Gasteiger partial charge is 0.494 e. The lowest BCUT2D eigenvalue weighted by molar-refractivity contribution is 0.309. The summed E-state index contributed by atoms with van der Waals surface area (Å²) in [5.74, 6) is 3.56. The Hall–Kier alpha value is -3.20. The lowest BCUT2D eigenvalue weighted by Crippen LogP contribution is -1.95. The summed E-state index contributed by atoms with van der Waals surface area (Å²) >= 11 is 0. The highest BCUT2D eigenvalue weighted by atomic mass is 16.5. The second-order valence-corrected chi connectivity index (χ2v) is 7.76. The van der Waals surface area contributed by atoms with Crippen LogP contribution >= 0.6 is 0 Å². The molecule has 0 amide bonds. The molecule has 0 aliphatic heterocycles. The SMILES string of the molecule is CCCCOc1ccc(-c2oc(-c3ccc(OCCCC)cc3)c3ccccc23)cc1. The van der Waals surface area contributed by atoms with Crippen LogP contribution in [0, 0.1) is 0 Å². The van der Waals surface area contributed by atoms with Gasteiger partial charge in [-0.3, -0.25) is 0 Å². The van der Waals surface area contributed by atoms with Crippen molar-refractivity contribution in [1.82, 2.24) is 0 Å². The van der Waals surface area contributed by atoms with E-state index in [0.29, 0.717) is 0 Å². The molecule has 160 valence electrons. The van der Waals surface area contributed by atoms with E-state index in [0.717, 1.165) is 83.8 Å². The van der Waals surface area contributed by atoms with Gasteiger partial charge >= 0.3 is 0 Å². The van der Waals surface area contributed by atoms with Crippen LogP contribution in [-0.2, 0) is 0 Å². The molecule has 4 aromatic rings. The normalized spacial score (nSPS) is 11.0. The van der Waals surface area contributed by atoms with E-state index in [1.54, 1.807) is 0 Å². The Kier molecular flexibility index (Phi) is 6.93. The molecule has 0 bridgehead atoms. The Balaban J connectivity index is 1.62. The van der Waals surface area contributed by atoms with Gasteiger partial charge in [0.05, 0.1) is 13.2 Å². The third kappa shape index (κ3) is 4.93. The van der Waals surface area contributed by atoms with Crippen LogP contribution in [0.1, 0.15) is 39.5 Å². The fourth-order valence-electron chi connectivity index (χ4n) is 3.59. The number of ether oxygens (including phenoxy) is 2. The van der Waals surface area contributed by atoms with Crippen LogP contribution in [0.5, 0.6) is 11.5 Å². The van der Waals surface area contributed by atoms with Crippen LogP contribution in [0.15, 0.2) is 77.2 Å². The van der Waals surface area contributed by atoms with Gasteiger partial charge in [0, 0.05) is 21.9 Å². The lowest BCUT2D eigenvalue weighted by atomic mass is 10.0. The highest BCUT2D eigenvalue weighted by Crippen LogP contribution is 2.39. The Morgan fingerprint density at radius 3 is 1.39 bits per heavy atom. The fourth-order valence-corrected chi connectivity index (χ4v) is 3.59. The van der Waals surface area contributed by atoms with Gasteiger partial charge in [-0.25, -0.2) is 0 Å². The predicted octanol–water partition coefficient (Wildman–Crippen LogP) is 8.12. The molecule has 4 rings (SSSR count). The monoisotopic (exact) mass is 414 g/mol. The van der Waals surface area contributed by atoms with E-state index in [4.69, 9.17) is 13.9 Å². The van der Waals surface area contributed by atoms with Crippen LogP contribution in [0.25, 0.3) is 33.4 Å². The molecule has 3 heteroatoms. The summed E-state index contributed by atoms with van der Waals surface area (Å²) in [7, 11) is 0. The van der Waals surface area contributed by atoms with Crippen LogP contribution < -0.4 is 9.47 Å². The second-order valence-electron chi connectivity index (χ2n) is 7.76. The summed E-state index contributed by atoms with van der Waals surface area (Å²) in [5.41, 5.74) is 2.09. The highest BCUT2D eigenvalue weighted by Gasteiger charge is 2.16. The number of fused-ring (bicyclic) bond motifs is 1. The molecule has 0 fully saturated rings. The Morgan fingerprint density at radius 1 is 0.581 bits per heavy atom. The number of benzene rings is 3. The molecule has 1 heterocycles. The molecule has 0 saturated heterocycles. The molecule has 0 aliphatic rings. The van der Waals surface area contributed by atoms with Gasteiger partial charge in [0.1, 0.15) is 23.0 Å². The van der Waals surface area contributed by atoms with Crippen molar-refractivity contribution in [3.8, 4) is 34.1 Å². The topological polar surface area (TPSA) is 31.6 Å². The summed E-state index contributed by atoms with van der Waals surface area (Å²) in [6.45, 7) is 5.84. The minimum atomic E-state index is 0.752. The zero-order valence-electron chi connectivity index (χ0n) is 18.4. The van der Waals surface area contributed by atoms with Crippen LogP contribution in [0.2, 0.25) is 0 Å². The van der Waals surface area contributed by atoms with E-state index >= 15 is 0 Å². The van der Waals surface area contributed by atoms with Crippen molar-refractivity contribution in [1.29, 1.82) is 0 Å². The summed E-state index contributed by atoms with van der Waals surface area (Å²) in [4.78, 5) is 0. The summed E-state index contributed by atoms with van der Waals surface area (Å²) < 4.78 is 18.0. The molecular weight excluding hydrogens is 384 g/mol. The van der Waals surface area contributed by atoms with E-state index in [-0.39, 0.29) is 0 Å². The van der Waals surface area contributed by atoms with E-state index < -0.39 is 0 Å². The van der Waals surface area contributed by atoms with Crippen LogP contribution in [0.4, 0.5) is 0 Å². The fraction of sp³-hybridized carbons (Fsp3) is 0.286. The molecule has 0 saturated carbocycles. The minimum Gasteiger partial charge on any atom is -0.494 e. The molecule has 3 nitrogen and oxygen atoms in total. The van der Waals surface area contributed by atoms with Crippen molar-refractivity contribution < 1.29 is 13.9 Å². The molecule has 0 atom stereocenters. The van der Waals surface area contributed by atoms with Gasteiger partial charge in [-0.2, -0.15) is 0 Å². The van der Waals surface area contributed by atoms with Gasteiger partial charge in [0.25, 0.3) is 0 Å². The van der Waals surface area contributed by atoms with Gasteiger partial charge in [-0.05, 0) is 61.4 Å². The second kappa shape index (κ2) is 10.2. The van der Waals surface area contributed by atoms with Crippen LogP contribution in [-0.4, -0.2) is 13.2 Å². The molecule has 0 unspecified atom stereocenters. The zero-order chi connectivity index (χ0) is 21.5.